The van der Waals surface area contributed by atoms with E-state index in [2.05, 4.69) is 29.2 Å². The third-order valence-corrected chi connectivity index (χ3v) is 7.71. The van der Waals surface area contributed by atoms with E-state index in [4.69, 9.17) is 19.2 Å². The maximum absolute atomic E-state index is 6.05. The molecule has 3 aromatic rings. The second-order valence-electron chi connectivity index (χ2n) is 8.84. The molecule has 3 heterocycles. The van der Waals surface area contributed by atoms with E-state index in [1.54, 1.807) is 0 Å². The maximum Gasteiger partial charge on any atom is 0.161 e. The van der Waals surface area contributed by atoms with Crippen molar-refractivity contribution in [3.05, 3.63) is 53.5 Å². The molecule has 1 saturated heterocycles. The Labute approximate surface area is 194 Å². The van der Waals surface area contributed by atoms with Gasteiger partial charge in [0.25, 0.3) is 0 Å². The summed E-state index contributed by atoms with van der Waals surface area (Å²) < 4.78 is 19.2. The Kier molecular flexibility index (Phi) is 6.91. The number of benzene rings is 2. The summed E-state index contributed by atoms with van der Waals surface area (Å²) in [6, 6.07) is 16.3. The van der Waals surface area contributed by atoms with E-state index >= 15 is 0 Å². The summed E-state index contributed by atoms with van der Waals surface area (Å²) in [6.07, 6.45) is 4.64. The van der Waals surface area contributed by atoms with Gasteiger partial charge in [-0.3, -0.25) is 0 Å². The van der Waals surface area contributed by atoms with E-state index in [0.29, 0.717) is 12.5 Å². The molecule has 2 aliphatic rings. The Hall–Kier alpha value is -2.15. The fraction of sp³-hybridized carbons (Fsp3) is 0.500. The largest absolute Gasteiger partial charge is 0.483 e. The van der Waals surface area contributed by atoms with Crippen LogP contribution in [0.1, 0.15) is 43.5 Å². The molecule has 6 heteroatoms. The van der Waals surface area contributed by atoms with Crippen LogP contribution in [-0.4, -0.2) is 54.9 Å². The molecule has 1 fully saturated rings. The molecule has 0 bridgehead atoms. The molecule has 2 unspecified atom stereocenters. The van der Waals surface area contributed by atoms with Crippen LogP contribution in [0.4, 0.5) is 0 Å². The van der Waals surface area contributed by atoms with Crippen LogP contribution in [-0.2, 0) is 4.74 Å². The lowest BCUT2D eigenvalue weighted by molar-refractivity contribution is -0.0278. The number of aromatic nitrogens is 1. The first-order valence-corrected chi connectivity index (χ1v) is 12.7. The molecule has 5 rings (SSSR count). The SMILES string of the molecule is CC1Oc2ccccc2OC1COCCCCN1CCC(c2nc3ccccc3s2)CC1. The highest BCUT2D eigenvalue weighted by Gasteiger charge is 2.28. The van der Waals surface area contributed by atoms with Crippen LogP contribution >= 0.6 is 11.3 Å². The molecule has 2 aliphatic heterocycles. The Morgan fingerprint density at radius 1 is 1.00 bits per heavy atom. The van der Waals surface area contributed by atoms with Crippen molar-refractivity contribution >= 4 is 21.6 Å². The predicted octanol–water partition coefficient (Wildman–Crippen LogP) is 5.50. The van der Waals surface area contributed by atoms with Crippen molar-refractivity contribution < 1.29 is 14.2 Å². The Morgan fingerprint density at radius 3 is 2.56 bits per heavy atom. The molecule has 0 aliphatic carbocycles. The second-order valence-corrected chi connectivity index (χ2v) is 9.91. The molecule has 2 aromatic carbocycles. The van der Waals surface area contributed by atoms with Gasteiger partial charge in [-0.1, -0.05) is 24.3 Å². The number of hydrogen-bond acceptors (Lipinski definition) is 6. The minimum Gasteiger partial charge on any atom is -0.483 e. The van der Waals surface area contributed by atoms with Crippen LogP contribution in [0, 0.1) is 0 Å². The summed E-state index contributed by atoms with van der Waals surface area (Å²) in [7, 11) is 0. The minimum absolute atomic E-state index is 0.00150. The van der Waals surface area contributed by atoms with Crippen molar-refractivity contribution in [3.63, 3.8) is 0 Å². The normalized spacial score (nSPS) is 21.8. The summed E-state index contributed by atoms with van der Waals surface area (Å²) in [6.45, 7) is 6.89. The highest BCUT2D eigenvalue weighted by Crippen LogP contribution is 2.34. The average molecular weight is 453 g/mol. The standard InChI is InChI=1S/C26H32N2O3S/c1-19-24(31-23-10-4-3-9-22(23)30-19)18-29-17-7-6-14-28-15-12-20(13-16-28)26-27-21-8-2-5-11-25(21)32-26/h2-5,8-11,19-20,24H,6-7,12-18H2,1H3. The number of ether oxygens (including phenoxy) is 3. The van der Waals surface area contributed by atoms with Crippen molar-refractivity contribution in [2.45, 2.75) is 50.7 Å². The minimum atomic E-state index is -0.0496. The first kappa shape index (κ1) is 21.7. The molecule has 0 N–H and O–H groups in total. The summed E-state index contributed by atoms with van der Waals surface area (Å²) in [5, 5.41) is 1.32. The van der Waals surface area contributed by atoms with E-state index in [1.165, 1.54) is 42.1 Å². The molecule has 0 spiro atoms. The van der Waals surface area contributed by atoms with E-state index in [-0.39, 0.29) is 12.2 Å². The van der Waals surface area contributed by atoms with Gasteiger partial charge in [0, 0.05) is 12.5 Å². The number of piperidine rings is 1. The summed E-state index contributed by atoms with van der Waals surface area (Å²) in [5.41, 5.74) is 1.15. The molecule has 2 atom stereocenters. The third-order valence-electron chi connectivity index (χ3n) is 6.51. The summed E-state index contributed by atoms with van der Waals surface area (Å²) in [5.74, 6) is 2.26. The molecule has 0 amide bonds. The quantitative estimate of drug-likeness (QED) is 0.422. The van der Waals surface area contributed by atoms with Gasteiger partial charge in [-0.25, -0.2) is 4.98 Å². The van der Waals surface area contributed by atoms with Crippen molar-refractivity contribution in [2.24, 2.45) is 0 Å². The molecule has 0 radical (unpaired) electrons. The zero-order valence-corrected chi connectivity index (χ0v) is 19.6. The number of thiazole rings is 1. The molecular formula is C26H32N2O3S. The Morgan fingerprint density at radius 2 is 1.75 bits per heavy atom. The van der Waals surface area contributed by atoms with Crippen molar-refractivity contribution in [1.29, 1.82) is 0 Å². The van der Waals surface area contributed by atoms with Crippen molar-refractivity contribution in [3.8, 4) is 11.5 Å². The van der Waals surface area contributed by atoms with Gasteiger partial charge in [-0.2, -0.15) is 0 Å². The van der Waals surface area contributed by atoms with Crippen LogP contribution in [0.15, 0.2) is 48.5 Å². The lowest BCUT2D eigenvalue weighted by Crippen LogP contribution is -2.41. The fourth-order valence-electron chi connectivity index (χ4n) is 4.56. The van der Waals surface area contributed by atoms with E-state index in [0.717, 1.165) is 36.6 Å². The van der Waals surface area contributed by atoms with E-state index in [1.807, 2.05) is 42.5 Å². The van der Waals surface area contributed by atoms with Crippen LogP contribution in [0.3, 0.4) is 0 Å². The van der Waals surface area contributed by atoms with Crippen molar-refractivity contribution in [1.82, 2.24) is 9.88 Å². The highest BCUT2D eigenvalue weighted by molar-refractivity contribution is 7.18. The smallest absolute Gasteiger partial charge is 0.161 e. The summed E-state index contributed by atoms with van der Waals surface area (Å²) in [4.78, 5) is 7.48. The number of rotatable bonds is 8. The summed E-state index contributed by atoms with van der Waals surface area (Å²) >= 11 is 1.87. The lowest BCUT2D eigenvalue weighted by Gasteiger charge is -2.32. The first-order valence-electron chi connectivity index (χ1n) is 11.8. The Bertz CT molecular complexity index is 982. The van der Waals surface area contributed by atoms with Crippen LogP contribution in [0.25, 0.3) is 10.2 Å². The zero-order valence-electron chi connectivity index (χ0n) is 18.7. The number of unbranched alkanes of at least 4 members (excludes halogenated alkanes) is 1. The van der Waals surface area contributed by atoms with Gasteiger partial charge in [0.2, 0.25) is 0 Å². The Balaban J connectivity index is 0.973. The number of likely N-dealkylation sites (tertiary alicyclic amines) is 1. The second kappa shape index (κ2) is 10.2. The van der Waals surface area contributed by atoms with Crippen LogP contribution in [0.2, 0.25) is 0 Å². The first-order chi connectivity index (χ1) is 15.8. The van der Waals surface area contributed by atoms with Crippen LogP contribution in [0.5, 0.6) is 11.5 Å². The molecule has 32 heavy (non-hydrogen) atoms. The fourth-order valence-corrected chi connectivity index (χ4v) is 5.69. The molecule has 5 nitrogen and oxygen atoms in total. The van der Waals surface area contributed by atoms with Gasteiger partial charge in [-0.05, 0) is 76.5 Å². The topological polar surface area (TPSA) is 43.8 Å². The number of para-hydroxylation sites is 3. The van der Waals surface area contributed by atoms with Crippen molar-refractivity contribution in [2.75, 3.05) is 32.8 Å². The van der Waals surface area contributed by atoms with Gasteiger partial charge < -0.3 is 19.1 Å². The number of hydrogen-bond donors (Lipinski definition) is 0. The molecule has 170 valence electrons. The van der Waals surface area contributed by atoms with Gasteiger partial charge in [0.1, 0.15) is 6.10 Å². The molecule has 1 aromatic heterocycles. The lowest BCUT2D eigenvalue weighted by atomic mass is 9.97. The number of fused-ring (bicyclic) bond motifs is 2. The van der Waals surface area contributed by atoms with Gasteiger partial charge in [0.15, 0.2) is 17.6 Å². The van der Waals surface area contributed by atoms with Gasteiger partial charge in [-0.15, -0.1) is 11.3 Å². The van der Waals surface area contributed by atoms with E-state index in [9.17, 15) is 0 Å². The predicted molar refractivity (Wildman–Crippen MR) is 129 cm³/mol. The third kappa shape index (κ3) is 5.08. The monoisotopic (exact) mass is 452 g/mol. The highest BCUT2D eigenvalue weighted by atomic mass is 32.1. The van der Waals surface area contributed by atoms with Gasteiger partial charge >= 0.3 is 0 Å². The maximum atomic E-state index is 6.05. The van der Waals surface area contributed by atoms with E-state index < -0.39 is 0 Å². The van der Waals surface area contributed by atoms with Gasteiger partial charge in [0.05, 0.1) is 21.8 Å². The molecule has 0 saturated carbocycles. The average Bonchev–Trinajstić information content (AvgIpc) is 3.26. The number of nitrogens with zero attached hydrogens (tertiary/aromatic N) is 2. The zero-order chi connectivity index (χ0) is 21.8. The van der Waals surface area contributed by atoms with Crippen LogP contribution < -0.4 is 9.47 Å². The molecular weight excluding hydrogens is 420 g/mol.